The highest BCUT2D eigenvalue weighted by molar-refractivity contribution is 6.34. The topological polar surface area (TPSA) is 69.7 Å². The summed E-state index contributed by atoms with van der Waals surface area (Å²) < 4.78 is 0. The SMILES string of the molecule is CC(=O)C1=C2C(=O)N(c3ccc(C)cc3)C(=O)[C@@H]2N(c2ccc(C)cc2)N1. The summed E-state index contributed by atoms with van der Waals surface area (Å²) >= 11 is 0. The molecule has 1 atom stereocenters. The highest BCUT2D eigenvalue weighted by Crippen LogP contribution is 2.36. The zero-order valence-corrected chi connectivity index (χ0v) is 15.3. The lowest BCUT2D eigenvalue weighted by Crippen LogP contribution is -2.46. The summed E-state index contributed by atoms with van der Waals surface area (Å²) in [6, 6.07) is 13.9. The van der Waals surface area contributed by atoms with E-state index < -0.39 is 11.9 Å². The molecule has 1 fully saturated rings. The predicted octanol–water partition coefficient (Wildman–Crippen LogP) is 2.41. The summed E-state index contributed by atoms with van der Waals surface area (Å²) in [5, 5.41) is 1.60. The standard InChI is InChI=1S/C21H19N3O3/c1-12-4-8-15(9-5-12)23-20(26)17-18(14(3)25)22-24(19(17)21(23)27)16-10-6-13(2)7-11-16/h4-11,19,22H,1-3H3/t19-/m1/s1. The molecular weight excluding hydrogens is 342 g/mol. The summed E-state index contributed by atoms with van der Waals surface area (Å²) in [5.74, 6) is -1.11. The van der Waals surface area contributed by atoms with E-state index in [2.05, 4.69) is 5.43 Å². The fourth-order valence-corrected chi connectivity index (χ4v) is 3.44. The van der Waals surface area contributed by atoms with Gasteiger partial charge in [0.2, 0.25) is 0 Å². The number of rotatable bonds is 3. The van der Waals surface area contributed by atoms with Crippen LogP contribution in [0.25, 0.3) is 0 Å². The normalized spacial score (nSPS) is 18.9. The van der Waals surface area contributed by atoms with Crippen molar-refractivity contribution >= 4 is 29.0 Å². The quantitative estimate of drug-likeness (QED) is 0.851. The number of carbonyl (C=O) groups is 3. The van der Waals surface area contributed by atoms with Gasteiger partial charge in [-0.1, -0.05) is 35.4 Å². The molecule has 2 aromatic carbocycles. The van der Waals surface area contributed by atoms with E-state index in [4.69, 9.17) is 0 Å². The van der Waals surface area contributed by atoms with Crippen LogP contribution in [0.15, 0.2) is 59.8 Å². The molecule has 0 aromatic heterocycles. The first-order valence-electron chi connectivity index (χ1n) is 8.71. The van der Waals surface area contributed by atoms with E-state index in [1.165, 1.54) is 6.92 Å². The summed E-state index contributed by atoms with van der Waals surface area (Å²) in [6.07, 6.45) is 0. The Morgan fingerprint density at radius 3 is 1.93 bits per heavy atom. The van der Waals surface area contributed by atoms with Crippen molar-refractivity contribution in [3.63, 3.8) is 0 Å². The molecule has 1 saturated heterocycles. The van der Waals surface area contributed by atoms with Gasteiger partial charge in [0, 0.05) is 6.92 Å². The molecule has 2 aliphatic rings. The maximum Gasteiger partial charge on any atom is 0.266 e. The Morgan fingerprint density at radius 2 is 1.41 bits per heavy atom. The molecule has 0 saturated carbocycles. The van der Waals surface area contributed by atoms with Gasteiger partial charge in [-0.2, -0.15) is 0 Å². The molecule has 0 radical (unpaired) electrons. The van der Waals surface area contributed by atoms with E-state index >= 15 is 0 Å². The molecule has 0 unspecified atom stereocenters. The molecule has 136 valence electrons. The van der Waals surface area contributed by atoms with Gasteiger partial charge < -0.3 is 0 Å². The number of hydrogen-bond acceptors (Lipinski definition) is 5. The Balaban J connectivity index is 1.80. The van der Waals surface area contributed by atoms with Crippen LogP contribution < -0.4 is 15.3 Å². The average molecular weight is 361 g/mol. The van der Waals surface area contributed by atoms with Crippen LogP contribution in [0.1, 0.15) is 18.1 Å². The molecule has 2 heterocycles. The zero-order valence-electron chi connectivity index (χ0n) is 15.3. The number of Topliss-reactive ketones (excluding diaryl/α,β-unsaturated/α-hetero) is 1. The number of anilines is 2. The van der Waals surface area contributed by atoms with Crippen molar-refractivity contribution in [2.45, 2.75) is 26.8 Å². The first kappa shape index (κ1) is 17.0. The van der Waals surface area contributed by atoms with Gasteiger partial charge in [-0.05, 0) is 38.1 Å². The number of imide groups is 1. The van der Waals surface area contributed by atoms with Gasteiger partial charge in [0.1, 0.15) is 5.70 Å². The first-order valence-corrected chi connectivity index (χ1v) is 8.71. The predicted molar refractivity (Wildman–Crippen MR) is 102 cm³/mol. The largest absolute Gasteiger partial charge is 0.293 e. The number of allylic oxidation sites excluding steroid dienone is 1. The molecule has 0 bridgehead atoms. The second-order valence-corrected chi connectivity index (χ2v) is 6.88. The number of aryl methyl sites for hydroxylation is 2. The van der Waals surface area contributed by atoms with Gasteiger partial charge in [-0.15, -0.1) is 0 Å². The maximum absolute atomic E-state index is 13.2. The lowest BCUT2D eigenvalue weighted by Gasteiger charge is -2.26. The lowest BCUT2D eigenvalue weighted by atomic mass is 10.1. The van der Waals surface area contributed by atoms with Crippen LogP contribution in [-0.4, -0.2) is 23.6 Å². The molecule has 2 aliphatic heterocycles. The Kier molecular flexibility index (Phi) is 3.84. The van der Waals surface area contributed by atoms with E-state index in [0.29, 0.717) is 11.4 Å². The number of ketones is 1. The molecular formula is C21H19N3O3. The molecule has 6 heteroatoms. The molecule has 2 amide bonds. The third-order valence-corrected chi connectivity index (χ3v) is 4.88. The van der Waals surface area contributed by atoms with Crippen LogP contribution in [-0.2, 0) is 14.4 Å². The van der Waals surface area contributed by atoms with E-state index in [-0.39, 0.29) is 23.0 Å². The van der Waals surface area contributed by atoms with Crippen molar-refractivity contribution in [3.8, 4) is 0 Å². The summed E-state index contributed by atoms with van der Waals surface area (Å²) in [6.45, 7) is 5.29. The number of amides is 2. The van der Waals surface area contributed by atoms with Gasteiger partial charge in [0.05, 0.1) is 16.9 Å². The summed E-state index contributed by atoms with van der Waals surface area (Å²) in [5.41, 5.74) is 6.67. The monoisotopic (exact) mass is 361 g/mol. The van der Waals surface area contributed by atoms with Crippen molar-refractivity contribution in [3.05, 3.63) is 70.9 Å². The third kappa shape index (κ3) is 2.61. The van der Waals surface area contributed by atoms with E-state index in [0.717, 1.165) is 16.0 Å². The first-order chi connectivity index (χ1) is 12.9. The van der Waals surface area contributed by atoms with Crippen LogP contribution in [0.4, 0.5) is 11.4 Å². The molecule has 0 spiro atoms. The Hall–Kier alpha value is -3.41. The number of hydrazine groups is 1. The van der Waals surface area contributed by atoms with Gasteiger partial charge in [0.25, 0.3) is 11.8 Å². The highest BCUT2D eigenvalue weighted by atomic mass is 16.2. The zero-order chi connectivity index (χ0) is 19.3. The van der Waals surface area contributed by atoms with E-state index in [1.54, 1.807) is 17.1 Å². The molecule has 0 aliphatic carbocycles. The van der Waals surface area contributed by atoms with Gasteiger partial charge >= 0.3 is 0 Å². The molecule has 1 N–H and O–H groups in total. The van der Waals surface area contributed by atoms with E-state index in [9.17, 15) is 14.4 Å². The van der Waals surface area contributed by atoms with Gasteiger partial charge in [-0.3, -0.25) is 24.8 Å². The van der Waals surface area contributed by atoms with Crippen LogP contribution in [0.5, 0.6) is 0 Å². The Bertz CT molecular complexity index is 990. The smallest absolute Gasteiger partial charge is 0.266 e. The van der Waals surface area contributed by atoms with Crippen LogP contribution in [0.3, 0.4) is 0 Å². The molecule has 4 rings (SSSR count). The Labute approximate surface area is 157 Å². The minimum atomic E-state index is -0.861. The van der Waals surface area contributed by atoms with Crippen LogP contribution in [0.2, 0.25) is 0 Å². The van der Waals surface area contributed by atoms with Crippen LogP contribution in [0, 0.1) is 13.8 Å². The molecule has 27 heavy (non-hydrogen) atoms. The third-order valence-electron chi connectivity index (χ3n) is 4.88. The van der Waals surface area contributed by atoms with Gasteiger partial charge in [0.15, 0.2) is 11.8 Å². The lowest BCUT2D eigenvalue weighted by molar-refractivity contribution is -0.121. The van der Waals surface area contributed by atoms with E-state index in [1.807, 2.05) is 50.2 Å². The number of hydrogen-bond donors (Lipinski definition) is 1. The number of fused-ring (bicyclic) bond motifs is 1. The van der Waals surface area contributed by atoms with Gasteiger partial charge in [-0.25, -0.2) is 4.90 Å². The van der Waals surface area contributed by atoms with Crippen molar-refractivity contribution < 1.29 is 14.4 Å². The average Bonchev–Trinajstić information content (AvgIpc) is 3.15. The van der Waals surface area contributed by atoms with Crippen molar-refractivity contribution in [1.29, 1.82) is 0 Å². The molecule has 6 nitrogen and oxygen atoms in total. The van der Waals surface area contributed by atoms with Crippen molar-refractivity contribution in [1.82, 2.24) is 5.43 Å². The number of nitrogens with zero attached hydrogens (tertiary/aromatic N) is 2. The number of carbonyl (C=O) groups excluding carboxylic acids is 3. The fraction of sp³-hybridized carbons (Fsp3) is 0.190. The fourth-order valence-electron chi connectivity index (χ4n) is 3.44. The molecule has 2 aromatic rings. The summed E-state index contributed by atoms with van der Waals surface area (Å²) in [7, 11) is 0. The number of benzene rings is 2. The Morgan fingerprint density at radius 1 is 0.889 bits per heavy atom. The second kappa shape index (κ2) is 6.09. The maximum atomic E-state index is 13.2. The van der Waals surface area contributed by atoms with Crippen LogP contribution >= 0.6 is 0 Å². The van der Waals surface area contributed by atoms with Crippen molar-refractivity contribution in [2.24, 2.45) is 0 Å². The van der Waals surface area contributed by atoms with Crippen molar-refractivity contribution in [2.75, 3.05) is 9.91 Å². The summed E-state index contributed by atoms with van der Waals surface area (Å²) in [4.78, 5) is 39.5. The number of nitrogens with one attached hydrogen (secondary N) is 1. The minimum Gasteiger partial charge on any atom is -0.293 e. The highest BCUT2D eigenvalue weighted by Gasteiger charge is 2.53. The minimum absolute atomic E-state index is 0.175. The second-order valence-electron chi connectivity index (χ2n) is 6.88.